The first kappa shape index (κ1) is 19.1. The van der Waals surface area contributed by atoms with Crippen LogP contribution in [0.4, 0.5) is 0 Å². The average Bonchev–Trinajstić information content (AvgIpc) is 2.63. The van der Waals surface area contributed by atoms with Crippen LogP contribution in [0.25, 0.3) is 0 Å². The van der Waals surface area contributed by atoms with E-state index < -0.39 is 29.7 Å². The molecule has 0 aliphatic carbocycles. The number of benzene rings is 1. The van der Waals surface area contributed by atoms with Crippen LogP contribution in [-0.4, -0.2) is 49.3 Å². The summed E-state index contributed by atoms with van der Waals surface area (Å²) in [7, 11) is 0. The van der Waals surface area contributed by atoms with E-state index in [1.54, 1.807) is 24.3 Å². The lowest BCUT2D eigenvalue weighted by Crippen LogP contribution is -2.54. The summed E-state index contributed by atoms with van der Waals surface area (Å²) < 4.78 is 0. The number of carbonyl (C=O) groups excluding carboxylic acids is 4. The summed E-state index contributed by atoms with van der Waals surface area (Å²) in [5, 5.41) is 9.65. The highest BCUT2D eigenvalue weighted by Crippen LogP contribution is 2.13. The van der Waals surface area contributed by atoms with Crippen molar-refractivity contribution in [2.75, 3.05) is 19.6 Å². The van der Waals surface area contributed by atoms with Crippen LogP contribution in [0.1, 0.15) is 5.56 Å². The van der Waals surface area contributed by atoms with Gasteiger partial charge in [0.25, 0.3) is 0 Å². The molecule has 0 bridgehead atoms. The van der Waals surface area contributed by atoms with Crippen LogP contribution in [-0.2, 0) is 30.6 Å². The SMILES string of the molecule is NOOc1ccc(CC2NC(=O)CNC(=O)CNC(=O)CNC2=O)cc1. The van der Waals surface area contributed by atoms with Crippen LogP contribution < -0.4 is 32.1 Å². The van der Waals surface area contributed by atoms with E-state index in [9.17, 15) is 19.2 Å². The van der Waals surface area contributed by atoms with Crippen molar-refractivity contribution >= 4 is 23.6 Å². The Bertz CT molecular complexity index is 678. The lowest BCUT2D eigenvalue weighted by atomic mass is 10.0. The van der Waals surface area contributed by atoms with E-state index in [0.717, 1.165) is 5.56 Å². The van der Waals surface area contributed by atoms with Gasteiger partial charge in [0, 0.05) is 6.42 Å². The molecule has 11 nitrogen and oxygen atoms in total. The molecule has 1 atom stereocenters. The maximum atomic E-state index is 12.3. The number of hydrogen-bond donors (Lipinski definition) is 5. The van der Waals surface area contributed by atoms with Gasteiger partial charge in [-0.25, -0.2) is 0 Å². The Balaban J connectivity index is 2.08. The van der Waals surface area contributed by atoms with Crippen molar-refractivity contribution in [1.82, 2.24) is 21.3 Å². The smallest absolute Gasteiger partial charge is 0.243 e. The molecule has 26 heavy (non-hydrogen) atoms. The van der Waals surface area contributed by atoms with Crippen LogP contribution in [0.3, 0.4) is 0 Å². The fourth-order valence-electron chi connectivity index (χ4n) is 2.20. The normalized spacial score (nSPS) is 19.2. The molecule has 1 aliphatic rings. The first-order valence-electron chi connectivity index (χ1n) is 7.70. The van der Waals surface area contributed by atoms with Gasteiger partial charge in [-0.3, -0.25) is 19.2 Å². The zero-order valence-electron chi connectivity index (χ0n) is 13.7. The number of nitrogens with two attached hydrogens (primary N) is 1. The molecule has 0 aromatic heterocycles. The van der Waals surface area contributed by atoms with E-state index in [-0.39, 0.29) is 26.1 Å². The van der Waals surface area contributed by atoms with E-state index in [1.165, 1.54) is 0 Å². The van der Waals surface area contributed by atoms with Gasteiger partial charge in [-0.05, 0) is 17.7 Å². The van der Waals surface area contributed by atoms with Crippen molar-refractivity contribution in [3.8, 4) is 5.75 Å². The standard InChI is InChI=1S/C15H19N5O6/c16-26-25-10-3-1-9(2-4-10)5-11-15(24)19-7-13(22)17-6-12(21)18-8-14(23)20-11/h1-4,11H,5-8,16H2,(H,17,22)(H,18,21)(H,19,24)(H,20,23). The Morgan fingerprint density at radius 2 is 1.46 bits per heavy atom. The molecule has 1 fully saturated rings. The molecule has 0 radical (unpaired) electrons. The Hall–Kier alpha value is -3.18. The summed E-state index contributed by atoms with van der Waals surface area (Å²) >= 11 is 0. The number of nitrogens with one attached hydrogen (secondary N) is 4. The Morgan fingerprint density at radius 1 is 0.885 bits per heavy atom. The van der Waals surface area contributed by atoms with E-state index in [1.807, 2.05) is 0 Å². The predicted molar refractivity (Wildman–Crippen MR) is 87.0 cm³/mol. The molecule has 140 valence electrons. The molecule has 0 spiro atoms. The molecule has 1 heterocycles. The van der Waals surface area contributed by atoms with Gasteiger partial charge in [-0.1, -0.05) is 17.1 Å². The van der Waals surface area contributed by atoms with Crippen molar-refractivity contribution < 1.29 is 29.1 Å². The number of rotatable bonds is 4. The molecule has 2 rings (SSSR count). The van der Waals surface area contributed by atoms with Gasteiger partial charge in [0.2, 0.25) is 23.6 Å². The van der Waals surface area contributed by atoms with Crippen LogP contribution in [0.5, 0.6) is 5.75 Å². The molecule has 6 N–H and O–H groups in total. The minimum absolute atomic E-state index is 0.164. The van der Waals surface area contributed by atoms with Gasteiger partial charge in [-0.15, -0.1) is 0 Å². The van der Waals surface area contributed by atoms with Crippen LogP contribution in [0.15, 0.2) is 24.3 Å². The molecule has 11 heteroatoms. The van der Waals surface area contributed by atoms with Gasteiger partial charge in [0.05, 0.1) is 19.6 Å². The first-order valence-corrected chi connectivity index (χ1v) is 7.70. The Morgan fingerprint density at radius 3 is 2.08 bits per heavy atom. The summed E-state index contributed by atoms with van der Waals surface area (Å²) in [5.74, 6) is 3.10. The van der Waals surface area contributed by atoms with Crippen molar-refractivity contribution in [2.45, 2.75) is 12.5 Å². The molecule has 1 unspecified atom stereocenters. The van der Waals surface area contributed by atoms with E-state index in [0.29, 0.717) is 5.75 Å². The first-order chi connectivity index (χ1) is 12.5. The Kier molecular flexibility index (Phi) is 6.88. The average molecular weight is 365 g/mol. The van der Waals surface area contributed by atoms with Crippen molar-refractivity contribution in [2.24, 2.45) is 5.90 Å². The summed E-state index contributed by atoms with van der Waals surface area (Å²) in [6.07, 6.45) is 0.164. The van der Waals surface area contributed by atoms with Crippen LogP contribution in [0, 0.1) is 0 Å². The van der Waals surface area contributed by atoms with E-state index in [4.69, 9.17) is 5.90 Å². The zero-order valence-corrected chi connectivity index (χ0v) is 13.7. The van der Waals surface area contributed by atoms with Gasteiger partial charge in [0.15, 0.2) is 5.75 Å². The number of hydrogen-bond acceptors (Lipinski definition) is 7. The van der Waals surface area contributed by atoms with Crippen molar-refractivity contribution in [3.05, 3.63) is 29.8 Å². The number of carbonyl (C=O) groups is 4. The molecule has 1 aromatic carbocycles. The van der Waals surface area contributed by atoms with Crippen LogP contribution >= 0.6 is 0 Å². The zero-order chi connectivity index (χ0) is 18.9. The summed E-state index contributed by atoms with van der Waals surface area (Å²) in [4.78, 5) is 56.0. The highest BCUT2D eigenvalue weighted by molar-refractivity contribution is 5.94. The molecule has 0 saturated carbocycles. The summed E-state index contributed by atoms with van der Waals surface area (Å²) in [5.41, 5.74) is 0.718. The summed E-state index contributed by atoms with van der Waals surface area (Å²) in [6, 6.07) is 5.55. The van der Waals surface area contributed by atoms with Crippen molar-refractivity contribution in [1.29, 1.82) is 0 Å². The third-order valence-electron chi connectivity index (χ3n) is 3.47. The molecule has 4 amide bonds. The maximum absolute atomic E-state index is 12.3. The van der Waals surface area contributed by atoms with Gasteiger partial charge in [0.1, 0.15) is 6.04 Å². The van der Waals surface area contributed by atoms with E-state index in [2.05, 4.69) is 31.1 Å². The highest BCUT2D eigenvalue weighted by atomic mass is 17.3. The van der Waals surface area contributed by atoms with Crippen molar-refractivity contribution in [3.63, 3.8) is 0 Å². The molecule has 1 aromatic rings. The van der Waals surface area contributed by atoms with E-state index >= 15 is 0 Å². The lowest BCUT2D eigenvalue weighted by molar-refractivity contribution is -0.211. The fraction of sp³-hybridized carbons (Fsp3) is 0.333. The summed E-state index contributed by atoms with van der Waals surface area (Å²) in [6.45, 7) is -0.884. The second-order valence-corrected chi connectivity index (χ2v) is 5.42. The monoisotopic (exact) mass is 365 g/mol. The largest absolute Gasteiger partial charge is 0.346 e. The predicted octanol–water partition coefficient (Wildman–Crippen LogP) is -2.74. The van der Waals surface area contributed by atoms with Gasteiger partial charge < -0.3 is 26.2 Å². The molecule has 1 aliphatic heterocycles. The Labute approximate surface area is 148 Å². The minimum Gasteiger partial charge on any atom is -0.346 e. The quantitative estimate of drug-likeness (QED) is 0.286. The molecule has 1 saturated heterocycles. The second-order valence-electron chi connectivity index (χ2n) is 5.42. The highest BCUT2D eigenvalue weighted by Gasteiger charge is 2.23. The third-order valence-corrected chi connectivity index (χ3v) is 3.47. The number of amides is 4. The lowest BCUT2D eigenvalue weighted by Gasteiger charge is -2.20. The fourth-order valence-corrected chi connectivity index (χ4v) is 2.20. The van der Waals surface area contributed by atoms with Gasteiger partial charge in [-0.2, -0.15) is 5.90 Å². The molecular weight excluding hydrogens is 346 g/mol. The molecular formula is C15H19N5O6. The topological polar surface area (TPSA) is 161 Å². The minimum atomic E-state index is -0.927. The third kappa shape index (κ3) is 6.03. The maximum Gasteiger partial charge on any atom is 0.243 e. The van der Waals surface area contributed by atoms with Gasteiger partial charge >= 0.3 is 0 Å². The second kappa shape index (κ2) is 9.34. The van der Waals surface area contributed by atoms with Crippen LogP contribution in [0.2, 0.25) is 0 Å².